The average Bonchev–Trinajstić information content (AvgIpc) is 3.42. The number of hydrogen-bond donors (Lipinski definition) is 0. The van der Waals surface area contributed by atoms with Gasteiger partial charge in [-0.2, -0.15) is 0 Å². The summed E-state index contributed by atoms with van der Waals surface area (Å²) in [5.74, 6) is 1.18. The summed E-state index contributed by atoms with van der Waals surface area (Å²) < 4.78 is 11.7. The number of aryl methyl sites for hydroxylation is 1. The number of carbonyl (C=O) groups is 2. The minimum Gasteiger partial charge on any atom is -0.493 e. The van der Waals surface area contributed by atoms with Crippen molar-refractivity contribution in [3.63, 3.8) is 0 Å². The van der Waals surface area contributed by atoms with Crippen molar-refractivity contribution in [1.29, 1.82) is 0 Å². The fourth-order valence-corrected chi connectivity index (χ4v) is 6.24. The number of furan rings is 1. The topological polar surface area (TPSA) is 63.0 Å². The second-order valence-electron chi connectivity index (χ2n) is 9.50. The maximum atomic E-state index is 14.2. The summed E-state index contributed by atoms with van der Waals surface area (Å²) in [4.78, 5) is 31.4. The molecular weight excluding hydrogens is 416 g/mol. The van der Waals surface area contributed by atoms with Crippen LogP contribution in [0.1, 0.15) is 41.3 Å². The SMILES string of the molecule is Cc1ccc2c(c1)C1C(CO2)C(c2ccccc2)[C@]2(C)C(=O)N(Cc3ccco3)CC(=O)N12. The number of nitrogens with zero attached hydrogens (tertiary/aromatic N) is 2. The maximum Gasteiger partial charge on any atom is 0.249 e. The van der Waals surface area contributed by atoms with E-state index in [1.54, 1.807) is 17.2 Å². The van der Waals surface area contributed by atoms with Crippen LogP contribution in [0.2, 0.25) is 0 Å². The molecule has 4 heterocycles. The molecule has 3 aliphatic rings. The van der Waals surface area contributed by atoms with Gasteiger partial charge in [0, 0.05) is 17.4 Å². The van der Waals surface area contributed by atoms with Crippen LogP contribution in [-0.4, -0.2) is 40.3 Å². The van der Waals surface area contributed by atoms with Gasteiger partial charge in [0.15, 0.2) is 0 Å². The van der Waals surface area contributed by atoms with Crippen LogP contribution in [-0.2, 0) is 16.1 Å². The Hall–Kier alpha value is -3.54. The molecule has 0 aliphatic carbocycles. The Bertz CT molecular complexity index is 1220. The second-order valence-corrected chi connectivity index (χ2v) is 9.50. The molecule has 2 amide bonds. The first kappa shape index (κ1) is 20.1. The number of ether oxygens (including phenoxy) is 1. The molecule has 0 radical (unpaired) electrons. The van der Waals surface area contributed by atoms with Gasteiger partial charge in [0.05, 0.1) is 25.5 Å². The zero-order valence-electron chi connectivity index (χ0n) is 18.7. The summed E-state index contributed by atoms with van der Waals surface area (Å²) in [6.07, 6.45) is 1.59. The van der Waals surface area contributed by atoms with Crippen LogP contribution in [0.25, 0.3) is 0 Å². The van der Waals surface area contributed by atoms with Crippen LogP contribution in [0.15, 0.2) is 71.3 Å². The van der Waals surface area contributed by atoms with E-state index in [4.69, 9.17) is 9.15 Å². The van der Waals surface area contributed by atoms with E-state index in [2.05, 4.69) is 18.2 Å². The van der Waals surface area contributed by atoms with Gasteiger partial charge in [0.1, 0.15) is 23.6 Å². The van der Waals surface area contributed by atoms with Gasteiger partial charge < -0.3 is 19.0 Å². The van der Waals surface area contributed by atoms with Gasteiger partial charge in [0.2, 0.25) is 11.8 Å². The van der Waals surface area contributed by atoms with Crippen molar-refractivity contribution in [2.75, 3.05) is 13.2 Å². The van der Waals surface area contributed by atoms with E-state index < -0.39 is 5.54 Å². The van der Waals surface area contributed by atoms with Crippen molar-refractivity contribution >= 4 is 11.8 Å². The molecule has 0 N–H and O–H groups in total. The van der Waals surface area contributed by atoms with E-state index >= 15 is 0 Å². The Morgan fingerprint density at radius 2 is 1.88 bits per heavy atom. The first-order chi connectivity index (χ1) is 16.0. The lowest BCUT2D eigenvalue weighted by molar-refractivity contribution is -0.164. The number of carbonyl (C=O) groups excluding carboxylic acids is 2. The molecule has 3 aromatic rings. The highest BCUT2D eigenvalue weighted by atomic mass is 16.5. The third kappa shape index (κ3) is 2.86. The van der Waals surface area contributed by atoms with Crippen LogP contribution in [0.4, 0.5) is 0 Å². The third-order valence-corrected chi connectivity index (χ3v) is 7.53. The Morgan fingerprint density at radius 3 is 2.64 bits per heavy atom. The molecule has 168 valence electrons. The quantitative estimate of drug-likeness (QED) is 0.614. The molecular formula is C27H26N2O4. The smallest absolute Gasteiger partial charge is 0.249 e. The minimum absolute atomic E-state index is 0.0248. The Kier molecular flexibility index (Phi) is 4.41. The molecule has 0 saturated carbocycles. The van der Waals surface area contributed by atoms with Gasteiger partial charge in [-0.15, -0.1) is 0 Å². The van der Waals surface area contributed by atoms with E-state index in [-0.39, 0.29) is 42.8 Å². The van der Waals surface area contributed by atoms with Crippen molar-refractivity contribution in [3.8, 4) is 5.75 Å². The Labute approximate surface area is 192 Å². The molecule has 2 saturated heterocycles. The zero-order chi connectivity index (χ0) is 22.7. The van der Waals surface area contributed by atoms with Gasteiger partial charge in [-0.05, 0) is 37.6 Å². The van der Waals surface area contributed by atoms with Crippen molar-refractivity contribution in [2.45, 2.75) is 37.9 Å². The highest BCUT2D eigenvalue weighted by Gasteiger charge is 2.66. The molecule has 33 heavy (non-hydrogen) atoms. The Morgan fingerprint density at radius 1 is 1.06 bits per heavy atom. The average molecular weight is 443 g/mol. The fraction of sp³-hybridized carbons (Fsp3) is 0.333. The lowest BCUT2D eigenvalue weighted by atomic mass is 9.73. The highest BCUT2D eigenvalue weighted by Crippen LogP contribution is 2.59. The molecule has 6 nitrogen and oxygen atoms in total. The lowest BCUT2D eigenvalue weighted by Crippen LogP contribution is -2.65. The van der Waals surface area contributed by atoms with Crippen molar-refractivity contribution in [3.05, 3.63) is 89.4 Å². The van der Waals surface area contributed by atoms with Gasteiger partial charge in [-0.25, -0.2) is 0 Å². The largest absolute Gasteiger partial charge is 0.493 e. The predicted molar refractivity (Wildman–Crippen MR) is 121 cm³/mol. The molecule has 2 aromatic carbocycles. The molecule has 3 aliphatic heterocycles. The summed E-state index contributed by atoms with van der Waals surface area (Å²) in [5, 5.41) is 0. The first-order valence-corrected chi connectivity index (χ1v) is 11.4. The van der Waals surface area contributed by atoms with Gasteiger partial charge in [-0.1, -0.05) is 48.0 Å². The maximum absolute atomic E-state index is 14.2. The molecule has 6 heteroatoms. The van der Waals surface area contributed by atoms with E-state index in [1.165, 1.54) is 0 Å². The van der Waals surface area contributed by atoms with Crippen molar-refractivity contribution in [2.24, 2.45) is 5.92 Å². The van der Waals surface area contributed by atoms with Gasteiger partial charge >= 0.3 is 0 Å². The normalized spacial score (nSPS) is 28.2. The number of amides is 2. The first-order valence-electron chi connectivity index (χ1n) is 11.4. The number of benzene rings is 2. The van der Waals surface area contributed by atoms with Crippen LogP contribution in [0.3, 0.4) is 0 Å². The lowest BCUT2D eigenvalue weighted by Gasteiger charge is -2.47. The van der Waals surface area contributed by atoms with Gasteiger partial charge in [-0.3, -0.25) is 9.59 Å². The number of piperazine rings is 1. The summed E-state index contributed by atoms with van der Waals surface area (Å²) in [6.45, 7) is 4.77. The summed E-state index contributed by atoms with van der Waals surface area (Å²) in [7, 11) is 0. The molecule has 0 bridgehead atoms. The monoisotopic (exact) mass is 442 g/mol. The molecule has 6 rings (SSSR count). The highest BCUT2D eigenvalue weighted by molar-refractivity contribution is 5.99. The van der Waals surface area contributed by atoms with Gasteiger partial charge in [0.25, 0.3) is 0 Å². The van der Waals surface area contributed by atoms with E-state index in [0.29, 0.717) is 12.4 Å². The molecule has 3 unspecified atom stereocenters. The Balaban J connectivity index is 1.51. The van der Waals surface area contributed by atoms with Crippen LogP contribution < -0.4 is 4.74 Å². The number of fused-ring (bicyclic) bond motifs is 5. The summed E-state index contributed by atoms with van der Waals surface area (Å²) in [5.41, 5.74) is 2.14. The number of hydrogen-bond acceptors (Lipinski definition) is 4. The second kappa shape index (κ2) is 7.24. The zero-order valence-corrected chi connectivity index (χ0v) is 18.7. The molecule has 4 atom stereocenters. The van der Waals surface area contributed by atoms with Crippen LogP contribution in [0.5, 0.6) is 5.75 Å². The fourth-order valence-electron chi connectivity index (χ4n) is 6.24. The van der Waals surface area contributed by atoms with Crippen LogP contribution >= 0.6 is 0 Å². The molecule has 2 fully saturated rings. The predicted octanol–water partition coefficient (Wildman–Crippen LogP) is 4.06. The number of rotatable bonds is 3. The molecule has 0 spiro atoms. The van der Waals surface area contributed by atoms with E-state index in [9.17, 15) is 9.59 Å². The van der Waals surface area contributed by atoms with Crippen molar-refractivity contribution < 1.29 is 18.7 Å². The minimum atomic E-state index is -1.02. The van der Waals surface area contributed by atoms with Crippen molar-refractivity contribution in [1.82, 2.24) is 9.80 Å². The van der Waals surface area contributed by atoms with E-state index in [1.807, 2.05) is 55.1 Å². The third-order valence-electron chi connectivity index (χ3n) is 7.53. The summed E-state index contributed by atoms with van der Waals surface area (Å²) >= 11 is 0. The van der Waals surface area contributed by atoms with Crippen LogP contribution in [0, 0.1) is 12.8 Å². The summed E-state index contributed by atoms with van der Waals surface area (Å²) in [6, 6.07) is 19.6. The molecule has 1 aromatic heterocycles. The standard InChI is InChI=1S/C27H26N2O4/c1-17-10-11-22-20(13-17)25-21(16-33-22)24(18-7-4-3-5-8-18)27(2)26(31)28(15-23(30)29(25)27)14-19-9-6-12-32-19/h3-13,21,24-25H,14-16H2,1-2H3/t21?,24?,25?,27-/m1/s1. The van der Waals surface area contributed by atoms with E-state index in [0.717, 1.165) is 22.4 Å².